The first-order valence-electron chi connectivity index (χ1n) is 12.0. The molecule has 1 aliphatic rings. The van der Waals surface area contributed by atoms with E-state index in [1.807, 2.05) is 65.6 Å². The summed E-state index contributed by atoms with van der Waals surface area (Å²) in [6.45, 7) is 5.63. The number of hydrogen-bond donors (Lipinski definition) is 1. The number of aromatic nitrogens is 1. The Balaban J connectivity index is 1.27. The van der Waals surface area contributed by atoms with Crippen LogP contribution in [-0.2, 0) is 11.3 Å². The zero-order valence-corrected chi connectivity index (χ0v) is 20.8. The molecule has 2 amide bonds. The number of rotatable bonds is 5. The number of nitrogens with one attached hydrogen (secondary N) is 1. The second-order valence-electron chi connectivity index (χ2n) is 9.01. The van der Waals surface area contributed by atoms with Gasteiger partial charge >= 0.3 is 0 Å². The molecule has 0 saturated carbocycles. The van der Waals surface area contributed by atoms with Gasteiger partial charge in [-0.2, -0.15) is 0 Å². The highest BCUT2D eigenvalue weighted by Crippen LogP contribution is 2.33. The fourth-order valence-corrected chi connectivity index (χ4v) is 4.77. The normalized spacial score (nSPS) is 14.1. The van der Waals surface area contributed by atoms with Crippen molar-refractivity contribution in [3.05, 3.63) is 95.1 Å². The highest BCUT2D eigenvalue weighted by atomic mass is 35.5. The largest absolute Gasteiger partial charge is 0.340 e. The van der Waals surface area contributed by atoms with Crippen LogP contribution < -0.4 is 5.32 Å². The second kappa shape index (κ2) is 10.5. The molecule has 36 heavy (non-hydrogen) atoms. The van der Waals surface area contributed by atoms with Crippen LogP contribution in [-0.4, -0.2) is 52.8 Å². The first-order chi connectivity index (χ1) is 17.5. The number of amides is 2. The Bertz CT molecular complexity index is 1410. The lowest BCUT2D eigenvalue weighted by atomic mass is 10.0. The molecule has 1 aromatic heterocycles. The molecular weight excluding hydrogens is 472 g/mol. The van der Waals surface area contributed by atoms with Crippen molar-refractivity contribution in [1.82, 2.24) is 14.8 Å². The van der Waals surface area contributed by atoms with Gasteiger partial charge in [0, 0.05) is 68.0 Å². The summed E-state index contributed by atoms with van der Waals surface area (Å²) in [6, 6.07) is 23.1. The summed E-state index contributed by atoms with van der Waals surface area (Å²) in [6.07, 6.45) is 1.77. The molecular formula is C29H27ClN4O2. The third kappa shape index (κ3) is 5.25. The summed E-state index contributed by atoms with van der Waals surface area (Å²) in [5.41, 5.74) is 3.93. The maximum absolute atomic E-state index is 13.0. The van der Waals surface area contributed by atoms with E-state index in [-0.39, 0.29) is 11.8 Å². The van der Waals surface area contributed by atoms with Crippen LogP contribution in [0.2, 0.25) is 5.02 Å². The number of pyridine rings is 1. The minimum absolute atomic E-state index is 0.131. The van der Waals surface area contributed by atoms with Crippen LogP contribution in [0.15, 0.2) is 79.0 Å². The molecule has 1 aliphatic heterocycles. The lowest BCUT2D eigenvalue weighted by molar-refractivity contribution is -0.130. The summed E-state index contributed by atoms with van der Waals surface area (Å²) in [7, 11) is 0. The Morgan fingerprint density at radius 2 is 1.69 bits per heavy atom. The Kier molecular flexibility index (Phi) is 6.98. The van der Waals surface area contributed by atoms with Crippen molar-refractivity contribution in [2.24, 2.45) is 0 Å². The Hall–Kier alpha value is -3.74. The topological polar surface area (TPSA) is 65.5 Å². The summed E-state index contributed by atoms with van der Waals surface area (Å²) in [5, 5.41) is 5.64. The molecule has 7 heteroatoms. The number of halogens is 1. The van der Waals surface area contributed by atoms with Gasteiger partial charge in [-0.1, -0.05) is 48.0 Å². The van der Waals surface area contributed by atoms with Crippen molar-refractivity contribution < 1.29 is 9.59 Å². The third-order valence-electron chi connectivity index (χ3n) is 6.59. The van der Waals surface area contributed by atoms with Gasteiger partial charge in [-0.05, 0) is 47.3 Å². The molecule has 1 saturated heterocycles. The maximum atomic E-state index is 13.0. The van der Waals surface area contributed by atoms with Gasteiger partial charge in [-0.15, -0.1) is 0 Å². The highest BCUT2D eigenvalue weighted by molar-refractivity contribution is 6.33. The highest BCUT2D eigenvalue weighted by Gasteiger charge is 2.18. The Morgan fingerprint density at radius 1 is 0.944 bits per heavy atom. The van der Waals surface area contributed by atoms with E-state index in [9.17, 15) is 9.59 Å². The second-order valence-corrected chi connectivity index (χ2v) is 9.42. The molecule has 5 rings (SSSR count). The maximum Gasteiger partial charge on any atom is 0.255 e. The minimum Gasteiger partial charge on any atom is -0.340 e. The molecule has 6 nitrogen and oxygen atoms in total. The van der Waals surface area contributed by atoms with Crippen molar-refractivity contribution in [3.8, 4) is 11.3 Å². The van der Waals surface area contributed by atoms with Crippen LogP contribution in [0.1, 0.15) is 22.8 Å². The average molecular weight is 499 g/mol. The molecule has 0 atom stereocenters. The molecule has 0 radical (unpaired) electrons. The molecule has 3 aromatic carbocycles. The SMILES string of the molecule is CC(=O)N1CCN(Cc2ccc(C(=O)Nc3ccc(Cl)c(-c4nccc5ccccc45)c3)cc2)CC1. The quantitative estimate of drug-likeness (QED) is 0.396. The van der Waals surface area contributed by atoms with Gasteiger partial charge in [0.05, 0.1) is 10.7 Å². The summed E-state index contributed by atoms with van der Waals surface area (Å²) in [4.78, 5) is 33.2. The molecule has 0 aliphatic carbocycles. The minimum atomic E-state index is -0.184. The molecule has 0 bridgehead atoms. The lowest BCUT2D eigenvalue weighted by Gasteiger charge is -2.34. The van der Waals surface area contributed by atoms with Crippen LogP contribution in [0.3, 0.4) is 0 Å². The van der Waals surface area contributed by atoms with Gasteiger partial charge < -0.3 is 10.2 Å². The van der Waals surface area contributed by atoms with Gasteiger partial charge in [0.1, 0.15) is 0 Å². The van der Waals surface area contributed by atoms with Crippen molar-refractivity contribution in [3.63, 3.8) is 0 Å². The zero-order chi connectivity index (χ0) is 25.1. The fourth-order valence-electron chi connectivity index (χ4n) is 4.56. The summed E-state index contributed by atoms with van der Waals surface area (Å²) < 4.78 is 0. The van der Waals surface area contributed by atoms with Crippen LogP contribution in [0.25, 0.3) is 22.0 Å². The number of anilines is 1. The molecule has 2 heterocycles. The van der Waals surface area contributed by atoms with E-state index < -0.39 is 0 Å². The van der Waals surface area contributed by atoms with Crippen LogP contribution >= 0.6 is 11.6 Å². The van der Waals surface area contributed by atoms with E-state index in [0.717, 1.165) is 60.3 Å². The monoisotopic (exact) mass is 498 g/mol. The summed E-state index contributed by atoms with van der Waals surface area (Å²) >= 11 is 6.53. The van der Waals surface area contributed by atoms with E-state index in [1.54, 1.807) is 25.3 Å². The van der Waals surface area contributed by atoms with E-state index in [2.05, 4.69) is 15.2 Å². The zero-order valence-electron chi connectivity index (χ0n) is 20.1. The van der Waals surface area contributed by atoms with E-state index >= 15 is 0 Å². The smallest absolute Gasteiger partial charge is 0.255 e. The van der Waals surface area contributed by atoms with Gasteiger partial charge in [0.15, 0.2) is 0 Å². The Morgan fingerprint density at radius 3 is 2.44 bits per heavy atom. The lowest BCUT2D eigenvalue weighted by Crippen LogP contribution is -2.47. The van der Waals surface area contributed by atoms with Crippen molar-refractivity contribution >= 4 is 39.9 Å². The molecule has 0 spiro atoms. The average Bonchev–Trinajstić information content (AvgIpc) is 2.90. The van der Waals surface area contributed by atoms with Crippen molar-refractivity contribution in [1.29, 1.82) is 0 Å². The molecule has 0 unspecified atom stereocenters. The number of piperazine rings is 1. The first kappa shape index (κ1) is 24.0. The van der Waals surface area contributed by atoms with Gasteiger partial charge in [-0.25, -0.2) is 0 Å². The van der Waals surface area contributed by atoms with Crippen LogP contribution in [0, 0.1) is 0 Å². The van der Waals surface area contributed by atoms with E-state index in [0.29, 0.717) is 16.3 Å². The van der Waals surface area contributed by atoms with Gasteiger partial charge in [0.2, 0.25) is 5.91 Å². The van der Waals surface area contributed by atoms with Crippen molar-refractivity contribution in [2.45, 2.75) is 13.5 Å². The molecule has 1 N–H and O–H groups in total. The number of carbonyl (C=O) groups is 2. The number of fused-ring (bicyclic) bond motifs is 1. The number of hydrogen-bond acceptors (Lipinski definition) is 4. The van der Waals surface area contributed by atoms with Crippen LogP contribution in [0.4, 0.5) is 5.69 Å². The van der Waals surface area contributed by atoms with E-state index in [4.69, 9.17) is 11.6 Å². The standard InChI is InChI=1S/C29H27ClN4O2/c1-20(35)34-16-14-33(15-17-34)19-21-6-8-23(9-7-21)29(36)32-24-10-11-27(30)26(18-24)28-25-5-3-2-4-22(25)12-13-31-28/h2-13,18H,14-17,19H2,1H3,(H,32,36). The summed E-state index contributed by atoms with van der Waals surface area (Å²) in [5.74, 6) is -0.0537. The number of carbonyl (C=O) groups excluding carboxylic acids is 2. The van der Waals surface area contributed by atoms with Gasteiger partial charge in [0.25, 0.3) is 5.91 Å². The Labute approximate surface area is 215 Å². The predicted octanol–water partition coefficient (Wildman–Crippen LogP) is 5.47. The molecule has 4 aromatic rings. The van der Waals surface area contributed by atoms with E-state index in [1.165, 1.54) is 0 Å². The van der Waals surface area contributed by atoms with Crippen LogP contribution in [0.5, 0.6) is 0 Å². The molecule has 1 fully saturated rings. The molecule has 182 valence electrons. The predicted molar refractivity (Wildman–Crippen MR) is 144 cm³/mol. The third-order valence-corrected chi connectivity index (χ3v) is 6.92. The fraction of sp³-hybridized carbons (Fsp3) is 0.207. The number of nitrogens with zero attached hydrogens (tertiary/aromatic N) is 3. The van der Waals surface area contributed by atoms with Gasteiger partial charge in [-0.3, -0.25) is 19.5 Å². The van der Waals surface area contributed by atoms with Crippen molar-refractivity contribution in [2.75, 3.05) is 31.5 Å². The number of benzene rings is 3. The first-order valence-corrected chi connectivity index (χ1v) is 12.4.